The van der Waals surface area contributed by atoms with Crippen LogP contribution in [0.2, 0.25) is 5.02 Å². The second-order valence-electron chi connectivity index (χ2n) is 4.22. The fraction of sp³-hybridized carbons (Fsp3) is 0.167. The lowest BCUT2D eigenvalue weighted by Gasteiger charge is -2.05. The number of halogens is 1. The molecule has 3 rings (SSSR count). The number of aromatic amines is 1. The van der Waals surface area contributed by atoms with E-state index in [1.807, 2.05) is 18.3 Å². The van der Waals surface area contributed by atoms with Crippen molar-refractivity contribution in [2.45, 2.75) is 12.5 Å². The number of amides is 3. The van der Waals surface area contributed by atoms with Crippen molar-refractivity contribution in [3.63, 3.8) is 0 Å². The summed E-state index contributed by atoms with van der Waals surface area (Å²) in [5, 5.41) is 6.40. The third kappa shape index (κ3) is 1.82. The molecule has 1 aromatic carbocycles. The first kappa shape index (κ1) is 11.1. The molecule has 2 aromatic rings. The zero-order valence-corrected chi connectivity index (χ0v) is 10.0. The van der Waals surface area contributed by atoms with Gasteiger partial charge in [-0.15, -0.1) is 0 Å². The number of carbonyl (C=O) groups is 2. The Bertz CT molecular complexity index is 650. The molecule has 0 saturated carbocycles. The van der Waals surface area contributed by atoms with Crippen LogP contribution in [0, 0.1) is 0 Å². The lowest BCUT2D eigenvalue weighted by atomic mass is 10.1. The molecule has 18 heavy (non-hydrogen) atoms. The highest BCUT2D eigenvalue weighted by molar-refractivity contribution is 6.31. The number of fused-ring (bicyclic) bond motifs is 1. The summed E-state index contributed by atoms with van der Waals surface area (Å²) < 4.78 is 0. The van der Waals surface area contributed by atoms with E-state index in [4.69, 9.17) is 11.6 Å². The summed E-state index contributed by atoms with van der Waals surface area (Å²) in [6, 6.07) is 4.57. The molecule has 3 amide bonds. The summed E-state index contributed by atoms with van der Waals surface area (Å²) >= 11 is 5.95. The van der Waals surface area contributed by atoms with Crippen molar-refractivity contribution in [3.8, 4) is 0 Å². The first-order chi connectivity index (χ1) is 8.63. The standard InChI is InChI=1S/C12H10ClN3O2/c13-7-1-2-9-8(4-7)6(5-14-9)3-10-11(17)16-12(18)15-10/h1-2,4-5,10,14H,3H2,(H2,15,16,17,18). The van der Waals surface area contributed by atoms with E-state index in [9.17, 15) is 9.59 Å². The van der Waals surface area contributed by atoms with Gasteiger partial charge in [0.15, 0.2) is 0 Å². The summed E-state index contributed by atoms with van der Waals surface area (Å²) in [6.07, 6.45) is 2.27. The Kier molecular flexibility index (Phi) is 2.48. The molecule has 5 nitrogen and oxygen atoms in total. The molecule has 0 aliphatic carbocycles. The minimum Gasteiger partial charge on any atom is -0.361 e. The Morgan fingerprint density at radius 3 is 2.83 bits per heavy atom. The predicted octanol–water partition coefficient (Wildman–Crippen LogP) is 1.57. The van der Waals surface area contributed by atoms with Crippen molar-refractivity contribution in [1.29, 1.82) is 0 Å². The van der Waals surface area contributed by atoms with Crippen LogP contribution in [0.3, 0.4) is 0 Å². The summed E-state index contributed by atoms with van der Waals surface area (Å²) in [5.74, 6) is -0.295. The van der Waals surface area contributed by atoms with E-state index in [0.29, 0.717) is 11.4 Å². The predicted molar refractivity (Wildman–Crippen MR) is 67.5 cm³/mol. The van der Waals surface area contributed by atoms with Crippen molar-refractivity contribution < 1.29 is 9.59 Å². The molecule has 1 fully saturated rings. The molecule has 1 aromatic heterocycles. The van der Waals surface area contributed by atoms with Gasteiger partial charge in [0.1, 0.15) is 6.04 Å². The van der Waals surface area contributed by atoms with E-state index in [1.54, 1.807) is 6.07 Å². The van der Waals surface area contributed by atoms with Crippen molar-refractivity contribution in [1.82, 2.24) is 15.6 Å². The zero-order valence-electron chi connectivity index (χ0n) is 9.29. The highest BCUT2D eigenvalue weighted by atomic mass is 35.5. The molecular formula is C12H10ClN3O2. The average molecular weight is 264 g/mol. The van der Waals surface area contributed by atoms with Gasteiger partial charge in [0, 0.05) is 28.5 Å². The number of hydrogen-bond acceptors (Lipinski definition) is 2. The van der Waals surface area contributed by atoms with E-state index >= 15 is 0 Å². The van der Waals surface area contributed by atoms with Crippen molar-refractivity contribution in [2.24, 2.45) is 0 Å². The normalized spacial score (nSPS) is 19.1. The average Bonchev–Trinajstić information content (AvgIpc) is 2.84. The van der Waals surface area contributed by atoms with Gasteiger partial charge in [-0.1, -0.05) is 11.6 Å². The van der Waals surface area contributed by atoms with Gasteiger partial charge in [0.2, 0.25) is 0 Å². The van der Waals surface area contributed by atoms with Crippen LogP contribution in [0.4, 0.5) is 4.79 Å². The molecule has 1 unspecified atom stereocenters. The lowest BCUT2D eigenvalue weighted by Crippen LogP contribution is -2.30. The molecule has 1 aliphatic heterocycles. The van der Waals surface area contributed by atoms with Gasteiger partial charge >= 0.3 is 6.03 Å². The number of hydrogen-bond donors (Lipinski definition) is 3. The number of H-pyrrole nitrogens is 1. The second kappa shape index (κ2) is 4.03. The van der Waals surface area contributed by atoms with Gasteiger partial charge in [-0.25, -0.2) is 4.79 Å². The van der Waals surface area contributed by atoms with E-state index in [0.717, 1.165) is 16.5 Å². The van der Waals surface area contributed by atoms with Crippen molar-refractivity contribution in [3.05, 3.63) is 35.0 Å². The number of carbonyl (C=O) groups excluding carboxylic acids is 2. The molecule has 0 radical (unpaired) electrons. The highest BCUT2D eigenvalue weighted by Crippen LogP contribution is 2.23. The van der Waals surface area contributed by atoms with E-state index in [2.05, 4.69) is 15.6 Å². The zero-order chi connectivity index (χ0) is 12.7. The van der Waals surface area contributed by atoms with Gasteiger partial charge in [-0.2, -0.15) is 0 Å². The van der Waals surface area contributed by atoms with Crippen molar-refractivity contribution in [2.75, 3.05) is 0 Å². The van der Waals surface area contributed by atoms with Gasteiger partial charge in [0.25, 0.3) is 5.91 Å². The third-order valence-corrected chi connectivity index (χ3v) is 3.25. The number of nitrogens with one attached hydrogen (secondary N) is 3. The Morgan fingerprint density at radius 1 is 1.28 bits per heavy atom. The smallest absolute Gasteiger partial charge is 0.322 e. The summed E-state index contributed by atoms with van der Waals surface area (Å²) in [6.45, 7) is 0. The number of imide groups is 1. The SMILES string of the molecule is O=C1NC(=O)C(Cc2c[nH]c3ccc(Cl)cc23)N1. The van der Waals surface area contributed by atoms with Crippen LogP contribution in [0.25, 0.3) is 10.9 Å². The molecule has 2 heterocycles. The highest BCUT2D eigenvalue weighted by Gasteiger charge is 2.29. The van der Waals surface area contributed by atoms with Crippen LogP contribution in [-0.2, 0) is 11.2 Å². The van der Waals surface area contributed by atoms with E-state index in [1.165, 1.54) is 0 Å². The van der Waals surface area contributed by atoms with Crippen molar-refractivity contribution >= 4 is 34.4 Å². The summed E-state index contributed by atoms with van der Waals surface area (Å²) in [4.78, 5) is 25.6. The molecule has 1 saturated heterocycles. The minimum absolute atomic E-state index is 0.295. The summed E-state index contributed by atoms with van der Waals surface area (Å²) in [5.41, 5.74) is 1.91. The number of rotatable bonds is 2. The van der Waals surface area contributed by atoms with Crippen LogP contribution in [-0.4, -0.2) is 23.0 Å². The fourth-order valence-corrected chi connectivity index (χ4v) is 2.31. The summed E-state index contributed by atoms with van der Waals surface area (Å²) in [7, 11) is 0. The van der Waals surface area contributed by atoms with Crippen LogP contribution in [0.5, 0.6) is 0 Å². The Morgan fingerprint density at radius 2 is 2.11 bits per heavy atom. The van der Waals surface area contributed by atoms with Crippen LogP contribution in [0.15, 0.2) is 24.4 Å². The number of benzene rings is 1. The minimum atomic E-state index is -0.518. The molecule has 92 valence electrons. The molecule has 1 aliphatic rings. The van der Waals surface area contributed by atoms with E-state index in [-0.39, 0.29) is 5.91 Å². The molecule has 3 N–H and O–H groups in total. The van der Waals surface area contributed by atoms with Crippen LogP contribution >= 0.6 is 11.6 Å². The first-order valence-electron chi connectivity index (χ1n) is 5.50. The quantitative estimate of drug-likeness (QED) is 0.720. The largest absolute Gasteiger partial charge is 0.361 e. The number of aromatic nitrogens is 1. The maximum atomic E-state index is 11.5. The monoisotopic (exact) mass is 263 g/mol. The van der Waals surface area contributed by atoms with E-state index < -0.39 is 12.1 Å². The van der Waals surface area contributed by atoms with Gasteiger partial charge < -0.3 is 10.3 Å². The molecule has 0 bridgehead atoms. The lowest BCUT2D eigenvalue weighted by molar-refractivity contribution is -0.120. The topological polar surface area (TPSA) is 74.0 Å². The van der Waals surface area contributed by atoms with Crippen LogP contribution in [0.1, 0.15) is 5.56 Å². The number of urea groups is 1. The van der Waals surface area contributed by atoms with Crippen LogP contribution < -0.4 is 10.6 Å². The molecule has 0 spiro atoms. The Labute approximate surface area is 108 Å². The maximum absolute atomic E-state index is 11.5. The Hall–Kier alpha value is -2.01. The maximum Gasteiger partial charge on any atom is 0.322 e. The molecular weight excluding hydrogens is 254 g/mol. The van der Waals surface area contributed by atoms with Gasteiger partial charge in [0.05, 0.1) is 0 Å². The second-order valence-corrected chi connectivity index (χ2v) is 4.66. The first-order valence-corrected chi connectivity index (χ1v) is 5.88. The third-order valence-electron chi connectivity index (χ3n) is 3.01. The fourth-order valence-electron chi connectivity index (χ4n) is 2.14. The Balaban J connectivity index is 1.93. The van der Waals surface area contributed by atoms with Gasteiger partial charge in [-0.3, -0.25) is 10.1 Å². The molecule has 6 heteroatoms. The molecule has 1 atom stereocenters. The van der Waals surface area contributed by atoms with Gasteiger partial charge in [-0.05, 0) is 23.8 Å².